The highest BCUT2D eigenvalue weighted by atomic mass is 28.3. The van der Waals surface area contributed by atoms with Crippen LogP contribution in [0.4, 0.5) is 5.69 Å². The van der Waals surface area contributed by atoms with Gasteiger partial charge in [-0.2, -0.15) is 0 Å². The number of hydrogen-bond acceptors (Lipinski definition) is 2. The fraction of sp³-hybridized carbons (Fsp3) is 0.300. The standard InChI is InChI=1S/C10H15NO2Si/c1-14(2,3)11-9-7-5-4-6-8(9)10(12)13/h4-7,11H,1-3H3,(H,12,13). The third-order valence-electron chi connectivity index (χ3n) is 1.67. The van der Waals surface area contributed by atoms with Gasteiger partial charge in [-0.15, -0.1) is 0 Å². The molecule has 3 nitrogen and oxygen atoms in total. The van der Waals surface area contributed by atoms with Crippen molar-refractivity contribution in [3.8, 4) is 0 Å². The van der Waals surface area contributed by atoms with E-state index in [-0.39, 0.29) is 0 Å². The quantitative estimate of drug-likeness (QED) is 0.752. The first kappa shape index (κ1) is 10.8. The number of anilines is 1. The first-order valence-corrected chi connectivity index (χ1v) is 8.01. The summed E-state index contributed by atoms with van der Waals surface area (Å²) < 4.78 is 0. The molecular formula is C10H15NO2Si. The van der Waals surface area contributed by atoms with Gasteiger partial charge in [-0.25, -0.2) is 4.79 Å². The molecule has 0 heterocycles. The average molecular weight is 209 g/mol. The van der Waals surface area contributed by atoms with E-state index in [0.29, 0.717) is 5.56 Å². The summed E-state index contributed by atoms with van der Waals surface area (Å²) in [5.74, 6) is -0.883. The van der Waals surface area contributed by atoms with Gasteiger partial charge in [0.1, 0.15) is 8.24 Å². The van der Waals surface area contributed by atoms with E-state index < -0.39 is 14.2 Å². The van der Waals surface area contributed by atoms with Gasteiger partial charge >= 0.3 is 5.97 Å². The fourth-order valence-electron chi connectivity index (χ4n) is 1.18. The van der Waals surface area contributed by atoms with Crippen molar-refractivity contribution in [1.29, 1.82) is 0 Å². The Balaban J connectivity index is 3.02. The zero-order valence-electron chi connectivity index (χ0n) is 8.66. The topological polar surface area (TPSA) is 49.3 Å². The number of carboxylic acid groups (broad SMARTS) is 1. The molecule has 0 aliphatic carbocycles. The third kappa shape index (κ3) is 2.88. The van der Waals surface area contributed by atoms with E-state index in [2.05, 4.69) is 24.6 Å². The maximum absolute atomic E-state index is 10.9. The Morgan fingerprint density at radius 1 is 1.29 bits per heavy atom. The molecule has 14 heavy (non-hydrogen) atoms. The minimum Gasteiger partial charge on any atom is -0.478 e. The van der Waals surface area contributed by atoms with Gasteiger partial charge < -0.3 is 10.1 Å². The molecule has 0 bridgehead atoms. The van der Waals surface area contributed by atoms with Crippen molar-refractivity contribution in [2.45, 2.75) is 19.6 Å². The lowest BCUT2D eigenvalue weighted by molar-refractivity contribution is 0.0698. The fourth-order valence-corrected chi connectivity index (χ4v) is 2.21. The maximum atomic E-state index is 10.9. The zero-order chi connectivity index (χ0) is 10.8. The van der Waals surface area contributed by atoms with E-state index in [1.54, 1.807) is 12.1 Å². The molecule has 0 atom stereocenters. The van der Waals surface area contributed by atoms with Crippen LogP contribution in [-0.2, 0) is 0 Å². The SMILES string of the molecule is C[Si](C)(C)Nc1ccccc1C(=O)O. The summed E-state index contributed by atoms with van der Waals surface area (Å²) >= 11 is 0. The number of carboxylic acids is 1. The summed E-state index contributed by atoms with van der Waals surface area (Å²) in [6.45, 7) is 6.39. The van der Waals surface area contributed by atoms with Crippen LogP contribution in [0.25, 0.3) is 0 Å². The Labute approximate surface area is 84.9 Å². The molecule has 0 saturated heterocycles. The molecule has 1 rings (SSSR count). The van der Waals surface area contributed by atoms with Crippen molar-refractivity contribution in [3.63, 3.8) is 0 Å². The molecule has 0 aromatic heterocycles. The molecule has 0 saturated carbocycles. The second kappa shape index (κ2) is 3.83. The van der Waals surface area contributed by atoms with Crippen LogP contribution in [0.2, 0.25) is 19.6 Å². The normalized spacial score (nSPS) is 11.1. The molecule has 0 aliphatic rings. The van der Waals surface area contributed by atoms with Gasteiger partial charge in [0, 0.05) is 5.69 Å². The van der Waals surface area contributed by atoms with Gasteiger partial charge in [-0.1, -0.05) is 31.8 Å². The van der Waals surface area contributed by atoms with Crippen LogP contribution in [0.5, 0.6) is 0 Å². The van der Waals surface area contributed by atoms with E-state index in [0.717, 1.165) is 5.69 Å². The van der Waals surface area contributed by atoms with Crippen LogP contribution in [-0.4, -0.2) is 19.3 Å². The predicted octanol–water partition coefficient (Wildman–Crippen LogP) is 2.63. The lowest BCUT2D eigenvalue weighted by atomic mass is 10.2. The first-order valence-electron chi connectivity index (χ1n) is 4.51. The number of rotatable bonds is 3. The van der Waals surface area contributed by atoms with Gasteiger partial charge in [0.2, 0.25) is 0 Å². The van der Waals surface area contributed by atoms with Crippen molar-refractivity contribution in [2.24, 2.45) is 0 Å². The van der Waals surface area contributed by atoms with Crippen LogP contribution in [0.3, 0.4) is 0 Å². The molecule has 4 heteroatoms. The average Bonchev–Trinajstić information content (AvgIpc) is 2.01. The number of benzene rings is 1. The number of para-hydroxylation sites is 1. The Morgan fingerprint density at radius 3 is 2.36 bits per heavy atom. The van der Waals surface area contributed by atoms with Gasteiger partial charge in [0.25, 0.3) is 0 Å². The van der Waals surface area contributed by atoms with Gasteiger partial charge in [0.15, 0.2) is 0 Å². The summed E-state index contributed by atoms with van der Waals surface area (Å²) in [4.78, 5) is 14.2. The molecule has 1 aromatic carbocycles. The van der Waals surface area contributed by atoms with Crippen LogP contribution >= 0.6 is 0 Å². The largest absolute Gasteiger partial charge is 0.478 e. The summed E-state index contributed by atoms with van der Waals surface area (Å²) in [5, 5.41) is 8.94. The number of nitrogens with one attached hydrogen (secondary N) is 1. The highest BCUT2D eigenvalue weighted by molar-refractivity contribution is 6.79. The molecule has 0 amide bonds. The summed E-state index contributed by atoms with van der Waals surface area (Å²) in [6, 6.07) is 7.00. The lowest BCUT2D eigenvalue weighted by Gasteiger charge is -2.20. The Morgan fingerprint density at radius 2 is 1.86 bits per heavy atom. The van der Waals surface area contributed by atoms with Gasteiger partial charge in [-0.05, 0) is 12.1 Å². The molecule has 76 valence electrons. The van der Waals surface area contributed by atoms with Crippen molar-refractivity contribution < 1.29 is 9.90 Å². The minimum atomic E-state index is -1.49. The molecule has 0 spiro atoms. The van der Waals surface area contributed by atoms with Crippen LogP contribution in [0, 0.1) is 0 Å². The number of aromatic carboxylic acids is 1. The molecule has 1 aromatic rings. The predicted molar refractivity (Wildman–Crippen MR) is 60.4 cm³/mol. The van der Waals surface area contributed by atoms with Crippen molar-refractivity contribution >= 4 is 19.9 Å². The zero-order valence-corrected chi connectivity index (χ0v) is 9.66. The number of hydrogen-bond donors (Lipinski definition) is 2. The van der Waals surface area contributed by atoms with Crippen LogP contribution in [0.15, 0.2) is 24.3 Å². The smallest absolute Gasteiger partial charge is 0.337 e. The van der Waals surface area contributed by atoms with Crippen molar-refractivity contribution in [2.75, 3.05) is 4.98 Å². The maximum Gasteiger partial charge on any atom is 0.337 e. The summed E-state index contributed by atoms with van der Waals surface area (Å²) in [7, 11) is -1.49. The van der Waals surface area contributed by atoms with E-state index in [1.807, 2.05) is 12.1 Å². The molecular weight excluding hydrogens is 194 g/mol. The van der Waals surface area contributed by atoms with Crippen molar-refractivity contribution in [1.82, 2.24) is 0 Å². The summed E-state index contributed by atoms with van der Waals surface area (Å²) in [5.41, 5.74) is 1.06. The van der Waals surface area contributed by atoms with E-state index in [4.69, 9.17) is 5.11 Å². The minimum absolute atomic E-state index is 0.343. The second-order valence-electron chi connectivity index (χ2n) is 4.23. The highest BCUT2D eigenvalue weighted by Gasteiger charge is 2.16. The second-order valence-corrected chi connectivity index (χ2v) is 8.98. The monoisotopic (exact) mass is 209 g/mol. The Kier molecular flexibility index (Phi) is 2.95. The van der Waals surface area contributed by atoms with E-state index in [9.17, 15) is 4.79 Å². The summed E-state index contributed by atoms with van der Waals surface area (Å²) in [6.07, 6.45) is 0. The third-order valence-corrected chi connectivity index (χ3v) is 2.69. The van der Waals surface area contributed by atoms with Crippen molar-refractivity contribution in [3.05, 3.63) is 29.8 Å². The molecule has 2 N–H and O–H groups in total. The molecule has 0 unspecified atom stereocenters. The van der Waals surface area contributed by atoms with E-state index >= 15 is 0 Å². The highest BCUT2D eigenvalue weighted by Crippen LogP contribution is 2.17. The molecule has 0 radical (unpaired) electrons. The molecule has 0 fully saturated rings. The van der Waals surface area contributed by atoms with E-state index in [1.165, 1.54) is 0 Å². The van der Waals surface area contributed by atoms with Gasteiger partial charge in [0.05, 0.1) is 5.56 Å². The molecule has 0 aliphatic heterocycles. The Bertz CT molecular complexity index is 344. The lowest BCUT2D eigenvalue weighted by Crippen LogP contribution is -2.33. The first-order chi connectivity index (χ1) is 6.40. The Hall–Kier alpha value is -1.29. The van der Waals surface area contributed by atoms with Gasteiger partial charge in [-0.3, -0.25) is 0 Å². The number of carbonyl (C=O) groups is 1. The van der Waals surface area contributed by atoms with Crippen LogP contribution < -0.4 is 4.98 Å². The van der Waals surface area contributed by atoms with Crippen LogP contribution in [0.1, 0.15) is 10.4 Å².